The number of carboxylic acids is 1. The average Bonchev–Trinajstić information content (AvgIpc) is 2.90. The maximum Gasteiger partial charge on any atom is 0.335 e. The summed E-state index contributed by atoms with van der Waals surface area (Å²) < 4.78 is 5.90. The zero-order valence-electron chi connectivity index (χ0n) is 14.2. The van der Waals surface area contributed by atoms with Crippen LogP contribution in [0.2, 0.25) is 10.0 Å². The van der Waals surface area contributed by atoms with Gasteiger partial charge in [-0.25, -0.2) is 9.78 Å². The monoisotopic (exact) mass is 406 g/mol. The van der Waals surface area contributed by atoms with Gasteiger partial charge >= 0.3 is 5.97 Å². The summed E-state index contributed by atoms with van der Waals surface area (Å²) in [5, 5.41) is 12.9. The van der Waals surface area contributed by atoms with Crippen LogP contribution in [-0.2, 0) is 10.2 Å². The molecule has 27 heavy (non-hydrogen) atoms. The second-order valence-electron chi connectivity index (χ2n) is 6.86. The number of nitrogens with zero attached hydrogens (tertiary/aromatic N) is 1. The molecule has 0 bridgehead atoms. The van der Waals surface area contributed by atoms with Crippen LogP contribution in [0.1, 0.15) is 41.6 Å². The zero-order chi connectivity index (χ0) is 19.2. The molecule has 1 aliphatic heterocycles. The first-order chi connectivity index (χ1) is 12.9. The third-order valence-corrected chi connectivity index (χ3v) is 5.78. The van der Waals surface area contributed by atoms with Gasteiger partial charge in [0.1, 0.15) is 11.1 Å². The van der Waals surface area contributed by atoms with E-state index in [0.29, 0.717) is 47.3 Å². The number of rotatable bonds is 3. The number of halogens is 2. The van der Waals surface area contributed by atoms with E-state index in [1.54, 1.807) is 18.2 Å². The summed E-state index contributed by atoms with van der Waals surface area (Å²) in [5.74, 6) is -0.764. The number of nitrogens with one attached hydrogen (secondary N) is 1. The SMILES string of the molecule is O=C(O)c1ccc2c(c1)C1(CCC(Oc3ncc(Cl)cc3Cl)CC1)C(=O)N2. The lowest BCUT2D eigenvalue weighted by Gasteiger charge is -2.35. The number of amides is 1. The van der Waals surface area contributed by atoms with E-state index in [0.717, 1.165) is 5.56 Å². The number of hydrogen-bond acceptors (Lipinski definition) is 4. The average molecular weight is 407 g/mol. The fourth-order valence-electron chi connectivity index (χ4n) is 3.89. The minimum atomic E-state index is -1.01. The fourth-order valence-corrected chi connectivity index (χ4v) is 4.32. The summed E-state index contributed by atoms with van der Waals surface area (Å²) >= 11 is 12.0. The molecule has 1 spiro atoms. The maximum absolute atomic E-state index is 12.7. The molecule has 1 saturated carbocycles. The maximum atomic E-state index is 12.7. The molecule has 0 saturated heterocycles. The Morgan fingerprint density at radius 1 is 1.26 bits per heavy atom. The standard InChI is InChI=1S/C19H16Cl2N2O4/c20-11-8-14(21)16(22-9-11)27-12-3-5-19(6-4-12)13-7-10(17(24)25)1-2-15(13)23-18(19)26/h1-2,7-9,12H,3-6H2,(H,23,26)(H,24,25). The number of fused-ring (bicyclic) bond motifs is 2. The van der Waals surface area contributed by atoms with Gasteiger partial charge in [0.05, 0.1) is 16.0 Å². The van der Waals surface area contributed by atoms with E-state index in [4.69, 9.17) is 27.9 Å². The largest absolute Gasteiger partial charge is 0.478 e. The molecule has 6 nitrogen and oxygen atoms in total. The van der Waals surface area contributed by atoms with Crippen LogP contribution in [0, 0.1) is 0 Å². The van der Waals surface area contributed by atoms with Crippen LogP contribution in [0.3, 0.4) is 0 Å². The smallest absolute Gasteiger partial charge is 0.335 e. The van der Waals surface area contributed by atoms with Crippen molar-refractivity contribution in [3.05, 3.63) is 51.6 Å². The van der Waals surface area contributed by atoms with Crippen LogP contribution in [-0.4, -0.2) is 28.1 Å². The highest BCUT2D eigenvalue weighted by atomic mass is 35.5. The van der Waals surface area contributed by atoms with E-state index in [1.165, 1.54) is 12.3 Å². The number of pyridine rings is 1. The quantitative estimate of drug-likeness (QED) is 0.792. The lowest BCUT2D eigenvalue weighted by Crippen LogP contribution is -2.41. The Hall–Kier alpha value is -2.31. The van der Waals surface area contributed by atoms with Gasteiger partial charge in [0.25, 0.3) is 0 Å². The summed E-state index contributed by atoms with van der Waals surface area (Å²) in [6.07, 6.45) is 3.73. The van der Waals surface area contributed by atoms with Crippen molar-refractivity contribution in [3.63, 3.8) is 0 Å². The number of aromatic nitrogens is 1. The highest BCUT2D eigenvalue weighted by molar-refractivity contribution is 6.35. The number of aromatic carboxylic acids is 1. The Labute approximate surface area is 165 Å². The molecule has 2 aromatic rings. The number of carboxylic acid groups (broad SMARTS) is 1. The minimum absolute atomic E-state index is 0.0823. The fraction of sp³-hybridized carbons (Fsp3) is 0.316. The van der Waals surface area contributed by atoms with Crippen molar-refractivity contribution in [1.29, 1.82) is 0 Å². The van der Waals surface area contributed by atoms with Crippen LogP contribution in [0.4, 0.5) is 5.69 Å². The van der Waals surface area contributed by atoms with E-state index < -0.39 is 11.4 Å². The Balaban J connectivity index is 1.54. The third-order valence-electron chi connectivity index (χ3n) is 5.30. The van der Waals surface area contributed by atoms with Crippen LogP contribution < -0.4 is 10.1 Å². The number of carbonyl (C=O) groups is 2. The van der Waals surface area contributed by atoms with Gasteiger partial charge < -0.3 is 15.2 Å². The molecule has 1 fully saturated rings. The van der Waals surface area contributed by atoms with Gasteiger partial charge in [0, 0.05) is 11.9 Å². The Bertz CT molecular complexity index is 939. The van der Waals surface area contributed by atoms with Crippen LogP contribution in [0.25, 0.3) is 0 Å². The van der Waals surface area contributed by atoms with E-state index in [2.05, 4.69) is 10.3 Å². The molecule has 140 valence electrons. The Morgan fingerprint density at radius 3 is 2.67 bits per heavy atom. The highest BCUT2D eigenvalue weighted by Gasteiger charge is 2.49. The van der Waals surface area contributed by atoms with Gasteiger partial charge in [-0.15, -0.1) is 0 Å². The molecule has 1 aliphatic carbocycles. The molecule has 1 amide bonds. The van der Waals surface area contributed by atoms with Crippen LogP contribution in [0.5, 0.6) is 5.88 Å². The summed E-state index contributed by atoms with van der Waals surface area (Å²) in [6, 6.07) is 6.34. The second kappa shape index (κ2) is 6.69. The van der Waals surface area contributed by atoms with Gasteiger partial charge in [0.2, 0.25) is 11.8 Å². The minimum Gasteiger partial charge on any atom is -0.478 e. The molecule has 1 aromatic carbocycles. The molecule has 4 rings (SSSR count). The normalized spacial score (nSPS) is 23.8. The van der Waals surface area contributed by atoms with Crippen LogP contribution in [0.15, 0.2) is 30.5 Å². The van der Waals surface area contributed by atoms with Gasteiger partial charge in [0.15, 0.2) is 0 Å². The van der Waals surface area contributed by atoms with Crippen molar-refractivity contribution in [2.24, 2.45) is 0 Å². The number of benzene rings is 1. The van der Waals surface area contributed by atoms with Gasteiger partial charge in [-0.2, -0.15) is 0 Å². The summed E-state index contributed by atoms with van der Waals surface area (Å²) in [6.45, 7) is 0. The summed E-state index contributed by atoms with van der Waals surface area (Å²) in [7, 11) is 0. The molecule has 2 aliphatic rings. The lowest BCUT2D eigenvalue weighted by molar-refractivity contribution is -0.122. The summed E-state index contributed by atoms with van der Waals surface area (Å²) in [5.41, 5.74) is 0.915. The van der Waals surface area contributed by atoms with E-state index in [1.807, 2.05) is 0 Å². The van der Waals surface area contributed by atoms with Crippen molar-refractivity contribution in [3.8, 4) is 5.88 Å². The molecule has 8 heteroatoms. The van der Waals surface area contributed by atoms with E-state index in [9.17, 15) is 14.7 Å². The van der Waals surface area contributed by atoms with Crippen molar-refractivity contribution >= 4 is 40.8 Å². The predicted octanol–water partition coefficient (Wildman–Crippen LogP) is 4.30. The lowest BCUT2D eigenvalue weighted by atomic mass is 9.69. The van der Waals surface area contributed by atoms with Gasteiger partial charge in [-0.3, -0.25) is 4.79 Å². The van der Waals surface area contributed by atoms with Crippen molar-refractivity contribution in [2.45, 2.75) is 37.2 Å². The Kier molecular flexibility index (Phi) is 4.48. The first kappa shape index (κ1) is 18.1. The van der Waals surface area contributed by atoms with E-state index >= 15 is 0 Å². The molecule has 0 radical (unpaired) electrons. The molecule has 0 unspecified atom stereocenters. The molecule has 2 N–H and O–H groups in total. The zero-order valence-corrected chi connectivity index (χ0v) is 15.7. The first-order valence-corrected chi connectivity index (χ1v) is 9.32. The van der Waals surface area contributed by atoms with Crippen molar-refractivity contribution in [2.75, 3.05) is 5.32 Å². The highest BCUT2D eigenvalue weighted by Crippen LogP contribution is 2.48. The number of ether oxygens (including phenoxy) is 1. The predicted molar refractivity (Wildman–Crippen MR) is 101 cm³/mol. The molecular formula is C19H16Cl2N2O4. The number of carbonyl (C=O) groups excluding carboxylic acids is 1. The van der Waals surface area contributed by atoms with Crippen molar-refractivity contribution < 1.29 is 19.4 Å². The first-order valence-electron chi connectivity index (χ1n) is 8.56. The molecule has 1 aromatic heterocycles. The number of hydrogen-bond donors (Lipinski definition) is 2. The third kappa shape index (κ3) is 3.13. The van der Waals surface area contributed by atoms with Gasteiger partial charge in [-0.05, 0) is 55.5 Å². The molecule has 0 atom stereocenters. The number of anilines is 1. The van der Waals surface area contributed by atoms with Crippen LogP contribution >= 0.6 is 23.2 Å². The molecule has 2 heterocycles. The second-order valence-corrected chi connectivity index (χ2v) is 7.70. The van der Waals surface area contributed by atoms with Gasteiger partial charge in [-0.1, -0.05) is 23.2 Å². The van der Waals surface area contributed by atoms with E-state index in [-0.39, 0.29) is 17.6 Å². The summed E-state index contributed by atoms with van der Waals surface area (Å²) in [4.78, 5) is 28.1. The topological polar surface area (TPSA) is 88.5 Å². The Morgan fingerprint density at radius 2 is 2.00 bits per heavy atom. The van der Waals surface area contributed by atoms with Crippen molar-refractivity contribution in [1.82, 2.24) is 4.98 Å². The molecular weight excluding hydrogens is 391 g/mol.